The Morgan fingerprint density at radius 1 is 0.391 bits per heavy atom. The van der Waals surface area contributed by atoms with Gasteiger partial charge >= 0.3 is 0 Å². The molecule has 378 valence electrons. The number of hydrogen-bond donors (Lipinski definition) is 4. The highest BCUT2D eigenvalue weighted by Crippen LogP contribution is 2.32. The molecule has 0 bridgehead atoms. The van der Waals surface area contributed by atoms with E-state index >= 15 is 0 Å². The first kappa shape index (κ1) is 65.7. The molecule has 0 aliphatic rings. The monoisotopic (exact) mass is 907 g/mol. The molecule has 2 unspecified atom stereocenters. The zero-order chi connectivity index (χ0) is 51.7. The summed E-state index contributed by atoms with van der Waals surface area (Å²) in [6.07, 6.45) is 4.86. The van der Waals surface area contributed by atoms with E-state index in [2.05, 4.69) is 120 Å². The lowest BCUT2D eigenvalue weighted by Crippen LogP contribution is -2.48. The summed E-state index contributed by atoms with van der Waals surface area (Å²) in [5.74, 6) is 0.871. The van der Waals surface area contributed by atoms with Crippen LogP contribution in [0.5, 0.6) is 0 Å². The minimum atomic E-state index is -0.460. The molecule has 6 atom stereocenters. The van der Waals surface area contributed by atoms with E-state index in [1.54, 1.807) is 13.8 Å². The summed E-state index contributed by atoms with van der Waals surface area (Å²) in [5, 5.41) is 8.86. The summed E-state index contributed by atoms with van der Waals surface area (Å²) in [4.78, 5) is 74.8. The van der Waals surface area contributed by atoms with E-state index in [4.69, 9.17) is 5.73 Å². The van der Waals surface area contributed by atoms with Gasteiger partial charge in [-0.3, -0.25) is 28.8 Å². The van der Waals surface area contributed by atoms with Crippen LogP contribution in [0, 0.1) is 68.0 Å². The summed E-state index contributed by atoms with van der Waals surface area (Å²) in [6, 6.07) is -1.27. The summed E-state index contributed by atoms with van der Waals surface area (Å²) in [5.41, 5.74) is 4.53. The highest BCUT2D eigenvalue weighted by atomic mass is 16.2. The molecular weight excluding hydrogens is 801 g/mol. The smallest absolute Gasteiger partial charge is 0.223 e. The average molecular weight is 907 g/mol. The Bertz CT molecular complexity index is 1370. The van der Waals surface area contributed by atoms with Crippen molar-refractivity contribution in [3.05, 3.63) is 0 Å². The van der Waals surface area contributed by atoms with Gasteiger partial charge in [0.25, 0.3) is 0 Å². The van der Waals surface area contributed by atoms with E-state index in [9.17, 15) is 28.8 Å². The molecule has 0 radical (unpaired) electrons. The van der Waals surface area contributed by atoms with Crippen LogP contribution in [-0.4, -0.2) is 59.7 Å². The molecule has 3 amide bonds. The normalized spacial score (nSPS) is 15.7. The molecule has 0 saturated heterocycles. The van der Waals surface area contributed by atoms with Gasteiger partial charge in [0, 0.05) is 34.0 Å². The van der Waals surface area contributed by atoms with E-state index in [0.29, 0.717) is 13.0 Å². The Morgan fingerprint density at radius 3 is 0.844 bits per heavy atom. The van der Waals surface area contributed by atoms with E-state index in [0.717, 1.165) is 32.1 Å². The van der Waals surface area contributed by atoms with Crippen molar-refractivity contribution in [3.63, 3.8) is 0 Å². The number of hydrogen-bond acceptors (Lipinski definition) is 7. The molecule has 10 nitrogen and oxygen atoms in total. The second kappa shape index (κ2) is 27.3. The van der Waals surface area contributed by atoms with Crippen LogP contribution in [0.4, 0.5) is 0 Å². The SMILES string of the molecule is CC(C)[C@H](CC(C)(C)C)C(=O)N[C@@H](C)C(=O)C(C)(C)C.CC(C)[C@H](CC(C)(C)C)C(=O)N[C@@H](CCCCN)C(=O)C(C)(C)C.CC(NC(=O)C(CC(C)(C)C)C(C)C)C(=O)C(C)(C)C. The third-order valence-corrected chi connectivity index (χ3v) is 11.2. The molecule has 0 rings (SSSR count). The lowest BCUT2D eigenvalue weighted by atomic mass is 9.78. The van der Waals surface area contributed by atoms with Gasteiger partial charge in [0.2, 0.25) is 17.7 Å². The third kappa shape index (κ3) is 29.1. The molecule has 0 aromatic heterocycles. The summed E-state index contributed by atoms with van der Waals surface area (Å²) in [6.45, 7) is 52.9. The molecule has 0 aromatic rings. The van der Waals surface area contributed by atoms with Gasteiger partial charge in [-0.25, -0.2) is 0 Å². The van der Waals surface area contributed by atoms with Crippen molar-refractivity contribution in [2.45, 2.75) is 237 Å². The molecule has 5 N–H and O–H groups in total. The number of nitrogens with two attached hydrogens (primary N) is 1. The first-order valence-corrected chi connectivity index (χ1v) is 24.5. The zero-order valence-electron chi connectivity index (χ0n) is 46.7. The van der Waals surface area contributed by atoms with Crippen molar-refractivity contribution in [1.82, 2.24) is 16.0 Å². The Kier molecular flexibility index (Phi) is 28.0. The lowest BCUT2D eigenvalue weighted by Gasteiger charge is -2.31. The van der Waals surface area contributed by atoms with E-state index in [1.165, 1.54) is 0 Å². The van der Waals surface area contributed by atoms with Gasteiger partial charge in [-0.1, -0.05) is 166 Å². The number of ketones is 3. The predicted molar refractivity (Wildman–Crippen MR) is 271 cm³/mol. The summed E-state index contributed by atoms with van der Waals surface area (Å²) in [7, 11) is 0. The largest absolute Gasteiger partial charge is 0.346 e. The maximum atomic E-state index is 12.8. The predicted octanol–water partition coefficient (Wildman–Crippen LogP) is 11.6. The molecule has 10 heteroatoms. The summed E-state index contributed by atoms with van der Waals surface area (Å²) >= 11 is 0. The van der Waals surface area contributed by atoms with Crippen molar-refractivity contribution in [2.75, 3.05) is 6.54 Å². The average Bonchev–Trinajstić information content (AvgIpc) is 3.08. The van der Waals surface area contributed by atoms with Crippen LogP contribution in [0.2, 0.25) is 0 Å². The molecule has 0 aliphatic carbocycles. The van der Waals surface area contributed by atoms with Crippen molar-refractivity contribution < 1.29 is 28.8 Å². The first-order valence-electron chi connectivity index (χ1n) is 24.5. The fraction of sp³-hybridized carbons (Fsp3) is 0.889. The van der Waals surface area contributed by atoms with Gasteiger partial charge in [-0.2, -0.15) is 0 Å². The molecule has 0 heterocycles. The minimum absolute atomic E-state index is 0.0000231. The van der Waals surface area contributed by atoms with Crippen molar-refractivity contribution in [1.29, 1.82) is 0 Å². The van der Waals surface area contributed by atoms with Gasteiger partial charge < -0.3 is 21.7 Å². The Hall–Kier alpha value is -2.62. The van der Waals surface area contributed by atoms with E-state index in [-0.39, 0.29) is 86.8 Å². The quantitative estimate of drug-likeness (QED) is 0.0937. The number of amides is 3. The van der Waals surface area contributed by atoms with Gasteiger partial charge in [-0.15, -0.1) is 0 Å². The first-order chi connectivity index (χ1) is 28.3. The molecule has 0 aliphatic heterocycles. The molecule has 0 fully saturated rings. The molecule has 0 spiro atoms. The van der Waals surface area contributed by atoms with Crippen molar-refractivity contribution in [2.24, 2.45) is 73.7 Å². The summed E-state index contributed by atoms with van der Waals surface area (Å²) < 4.78 is 0. The zero-order valence-corrected chi connectivity index (χ0v) is 46.7. The highest BCUT2D eigenvalue weighted by molar-refractivity contribution is 5.94. The molecule has 0 saturated carbocycles. The Balaban J connectivity index is -0.000000878. The maximum Gasteiger partial charge on any atom is 0.223 e. The number of carbonyl (C=O) groups is 6. The molecular formula is C54H106N4O6. The second-order valence-electron chi connectivity index (χ2n) is 26.5. The number of unbranched alkanes of at least 4 members (excludes halogenated alkanes) is 1. The minimum Gasteiger partial charge on any atom is -0.346 e. The highest BCUT2D eigenvalue weighted by Gasteiger charge is 2.36. The van der Waals surface area contributed by atoms with Crippen molar-refractivity contribution >= 4 is 35.1 Å². The molecule has 0 aromatic carbocycles. The number of carbonyl (C=O) groups excluding carboxylic acids is 6. The number of nitrogens with one attached hydrogen (secondary N) is 3. The van der Waals surface area contributed by atoms with Crippen LogP contribution < -0.4 is 21.7 Å². The maximum absolute atomic E-state index is 12.8. The number of Topliss-reactive ketones (excluding diaryl/α,β-unsaturated/α-hetero) is 3. The van der Waals surface area contributed by atoms with Gasteiger partial charge in [0.05, 0.1) is 18.1 Å². The number of rotatable bonds is 19. The van der Waals surface area contributed by atoms with Crippen LogP contribution in [0.15, 0.2) is 0 Å². The van der Waals surface area contributed by atoms with Crippen LogP contribution in [0.25, 0.3) is 0 Å². The topological polar surface area (TPSA) is 165 Å². The van der Waals surface area contributed by atoms with Gasteiger partial charge in [-0.05, 0) is 92.9 Å². The second-order valence-corrected chi connectivity index (χ2v) is 26.5. The standard InChI is InChI=1S/C20H40N2O2.2C17H33NO2/c1-14(2)15(13-19(3,4)5)18(24)22-16(11-9-10-12-21)17(23)20(6,7)8;2*1-11(2)13(10-16(4,5)6)15(20)18-12(3)14(19)17(7,8)9/h14-16H,9-13,21H2,1-8H3,(H,22,24);2*11-13H,10H2,1-9H3,(H,18,20)/t15-,16-;12-,13-;/m00./s1. The van der Waals surface area contributed by atoms with Crippen LogP contribution in [-0.2, 0) is 28.8 Å². The van der Waals surface area contributed by atoms with Crippen LogP contribution in [0.3, 0.4) is 0 Å². The van der Waals surface area contributed by atoms with Crippen LogP contribution in [0.1, 0.15) is 219 Å². The van der Waals surface area contributed by atoms with E-state index < -0.39 is 34.4 Å². The third-order valence-electron chi connectivity index (χ3n) is 11.2. The lowest BCUT2D eigenvalue weighted by molar-refractivity contribution is -0.135. The fourth-order valence-corrected chi connectivity index (χ4v) is 7.51. The van der Waals surface area contributed by atoms with Crippen molar-refractivity contribution in [3.8, 4) is 0 Å². The van der Waals surface area contributed by atoms with Gasteiger partial charge in [0.1, 0.15) is 0 Å². The van der Waals surface area contributed by atoms with Crippen LogP contribution >= 0.6 is 0 Å². The van der Waals surface area contributed by atoms with E-state index in [1.807, 2.05) is 62.3 Å². The fourth-order valence-electron chi connectivity index (χ4n) is 7.51. The van der Waals surface area contributed by atoms with Gasteiger partial charge in [0.15, 0.2) is 17.3 Å². The molecule has 64 heavy (non-hydrogen) atoms. The Labute approximate surface area is 395 Å². The Morgan fingerprint density at radius 2 is 0.641 bits per heavy atom.